The first-order valence-corrected chi connectivity index (χ1v) is 7.60. The molecule has 0 aliphatic heterocycles. The number of nitrogen functional groups attached to an aromatic ring is 1. The minimum absolute atomic E-state index is 0.754. The molecule has 0 aliphatic rings. The molecule has 5 nitrogen and oxygen atoms in total. The summed E-state index contributed by atoms with van der Waals surface area (Å²) in [7, 11) is 1.66. The van der Waals surface area contributed by atoms with Gasteiger partial charge in [-0.2, -0.15) is 0 Å². The van der Waals surface area contributed by atoms with Crippen molar-refractivity contribution in [2.45, 2.75) is 20.3 Å². The molecule has 1 aromatic heterocycles. The van der Waals surface area contributed by atoms with Gasteiger partial charge in [0.1, 0.15) is 11.6 Å². The summed E-state index contributed by atoms with van der Waals surface area (Å²) in [6.07, 6.45) is 0.792. The van der Waals surface area contributed by atoms with Gasteiger partial charge >= 0.3 is 0 Å². The van der Waals surface area contributed by atoms with Crippen LogP contribution < -0.4 is 10.5 Å². The van der Waals surface area contributed by atoms with Crippen LogP contribution in [0.1, 0.15) is 18.3 Å². The van der Waals surface area contributed by atoms with E-state index in [1.165, 1.54) is 0 Å². The molecule has 3 rings (SSSR count). The monoisotopic (exact) mass is 308 g/mol. The van der Waals surface area contributed by atoms with E-state index in [0.717, 1.165) is 46.3 Å². The van der Waals surface area contributed by atoms with Crippen molar-refractivity contribution in [1.29, 1.82) is 0 Å². The maximum absolute atomic E-state index is 6.05. The fourth-order valence-corrected chi connectivity index (χ4v) is 2.62. The molecule has 3 aromatic rings. The Bertz CT molecular complexity index is 822. The second-order valence-corrected chi connectivity index (χ2v) is 5.35. The zero-order valence-corrected chi connectivity index (χ0v) is 13.6. The molecule has 118 valence electrons. The quantitative estimate of drug-likeness (QED) is 0.750. The van der Waals surface area contributed by atoms with Crippen LogP contribution in [0.3, 0.4) is 0 Å². The normalized spacial score (nSPS) is 10.7. The number of rotatable bonds is 4. The molecule has 2 aromatic carbocycles. The number of nitrogens with two attached hydrogens (primary N) is 1. The van der Waals surface area contributed by atoms with E-state index in [-0.39, 0.29) is 0 Å². The van der Waals surface area contributed by atoms with Gasteiger partial charge in [0.15, 0.2) is 5.82 Å². The Morgan fingerprint density at radius 1 is 1.09 bits per heavy atom. The molecule has 0 atom stereocenters. The van der Waals surface area contributed by atoms with E-state index in [1.807, 2.05) is 49.4 Å². The minimum Gasteiger partial charge on any atom is -0.497 e. The zero-order chi connectivity index (χ0) is 16.4. The lowest BCUT2D eigenvalue weighted by Crippen LogP contribution is -2.04. The maximum Gasteiger partial charge on any atom is 0.168 e. The summed E-state index contributed by atoms with van der Waals surface area (Å²) in [6, 6.07) is 13.7. The highest BCUT2D eigenvalue weighted by Crippen LogP contribution is 2.29. The number of hydrogen-bond acceptors (Lipinski definition) is 4. The van der Waals surface area contributed by atoms with E-state index >= 15 is 0 Å². The number of hydrogen-bond donors (Lipinski definition) is 1. The number of methoxy groups -OCH3 is 1. The van der Waals surface area contributed by atoms with Crippen molar-refractivity contribution in [3.05, 3.63) is 53.9 Å². The fourth-order valence-electron chi connectivity index (χ4n) is 2.62. The van der Waals surface area contributed by atoms with E-state index in [0.29, 0.717) is 0 Å². The van der Waals surface area contributed by atoms with Crippen molar-refractivity contribution >= 4 is 5.69 Å². The lowest BCUT2D eigenvalue weighted by molar-refractivity contribution is 0.414. The van der Waals surface area contributed by atoms with Gasteiger partial charge in [-0.25, -0.2) is 0 Å². The summed E-state index contributed by atoms with van der Waals surface area (Å²) in [5.74, 6) is 2.53. The van der Waals surface area contributed by atoms with Crippen molar-refractivity contribution in [2.24, 2.45) is 0 Å². The number of aromatic nitrogens is 3. The van der Waals surface area contributed by atoms with Gasteiger partial charge in [-0.3, -0.25) is 4.57 Å². The Morgan fingerprint density at radius 2 is 1.83 bits per heavy atom. The molecular formula is C18H20N4O. The average molecular weight is 308 g/mol. The highest BCUT2D eigenvalue weighted by Gasteiger charge is 2.16. The second-order valence-electron chi connectivity index (χ2n) is 5.35. The topological polar surface area (TPSA) is 66.0 Å². The zero-order valence-electron chi connectivity index (χ0n) is 13.6. The third kappa shape index (κ3) is 2.65. The summed E-state index contributed by atoms with van der Waals surface area (Å²) < 4.78 is 7.31. The second kappa shape index (κ2) is 6.12. The standard InChI is InChI=1S/C18H20N4O/c1-4-17-20-21-18(15-6-5-7-16(19)12(15)2)22(17)13-8-10-14(23-3)11-9-13/h5-11H,4,19H2,1-3H3. The predicted molar refractivity (Wildman–Crippen MR) is 91.9 cm³/mol. The van der Waals surface area contributed by atoms with Gasteiger partial charge < -0.3 is 10.5 Å². The highest BCUT2D eigenvalue weighted by molar-refractivity contribution is 5.69. The number of anilines is 1. The van der Waals surface area contributed by atoms with Crippen molar-refractivity contribution < 1.29 is 4.74 Å². The number of aryl methyl sites for hydroxylation is 1. The third-order valence-corrected chi connectivity index (χ3v) is 3.99. The molecule has 0 bridgehead atoms. The largest absolute Gasteiger partial charge is 0.497 e. The molecule has 5 heteroatoms. The SMILES string of the molecule is CCc1nnc(-c2cccc(N)c2C)n1-c1ccc(OC)cc1. The Labute approximate surface area is 135 Å². The first-order chi connectivity index (χ1) is 11.2. The molecular weight excluding hydrogens is 288 g/mol. The molecule has 0 radical (unpaired) electrons. The lowest BCUT2D eigenvalue weighted by atomic mass is 10.1. The van der Waals surface area contributed by atoms with Gasteiger partial charge in [0, 0.05) is 23.4 Å². The van der Waals surface area contributed by atoms with E-state index in [1.54, 1.807) is 7.11 Å². The summed E-state index contributed by atoms with van der Waals surface area (Å²) in [5, 5.41) is 8.75. The van der Waals surface area contributed by atoms with Gasteiger partial charge in [0.25, 0.3) is 0 Å². The van der Waals surface area contributed by atoms with E-state index in [9.17, 15) is 0 Å². The van der Waals surface area contributed by atoms with Gasteiger partial charge in [0.2, 0.25) is 0 Å². The van der Waals surface area contributed by atoms with Gasteiger partial charge in [-0.05, 0) is 42.8 Å². The van der Waals surface area contributed by atoms with Crippen LogP contribution in [0, 0.1) is 6.92 Å². The van der Waals surface area contributed by atoms with Crippen molar-refractivity contribution in [3.8, 4) is 22.8 Å². The molecule has 0 amide bonds. The third-order valence-electron chi connectivity index (χ3n) is 3.99. The molecule has 0 aliphatic carbocycles. The van der Waals surface area contributed by atoms with Gasteiger partial charge in [0.05, 0.1) is 7.11 Å². The maximum atomic E-state index is 6.05. The molecule has 23 heavy (non-hydrogen) atoms. The first kappa shape index (κ1) is 15.1. The Kier molecular flexibility index (Phi) is 4.02. The fraction of sp³-hybridized carbons (Fsp3) is 0.222. The summed E-state index contributed by atoms with van der Waals surface area (Å²) in [4.78, 5) is 0. The lowest BCUT2D eigenvalue weighted by Gasteiger charge is -2.13. The molecule has 0 unspecified atom stereocenters. The first-order valence-electron chi connectivity index (χ1n) is 7.60. The smallest absolute Gasteiger partial charge is 0.168 e. The molecule has 0 saturated heterocycles. The van der Waals surface area contributed by atoms with Crippen LogP contribution in [0.5, 0.6) is 5.75 Å². The summed E-state index contributed by atoms with van der Waals surface area (Å²) in [5.41, 5.74) is 9.81. The molecule has 2 N–H and O–H groups in total. The van der Waals surface area contributed by atoms with Crippen LogP contribution >= 0.6 is 0 Å². The van der Waals surface area contributed by atoms with E-state index in [2.05, 4.69) is 21.7 Å². The van der Waals surface area contributed by atoms with Crippen LogP contribution in [0.4, 0.5) is 5.69 Å². The van der Waals surface area contributed by atoms with Crippen LogP contribution in [-0.4, -0.2) is 21.9 Å². The van der Waals surface area contributed by atoms with Crippen molar-refractivity contribution in [1.82, 2.24) is 14.8 Å². The van der Waals surface area contributed by atoms with E-state index < -0.39 is 0 Å². The summed E-state index contributed by atoms with van der Waals surface area (Å²) in [6.45, 7) is 4.07. The Balaban J connectivity index is 2.19. The highest BCUT2D eigenvalue weighted by atomic mass is 16.5. The van der Waals surface area contributed by atoms with Crippen LogP contribution in [0.25, 0.3) is 17.1 Å². The molecule has 0 fully saturated rings. The van der Waals surface area contributed by atoms with Crippen LogP contribution in [-0.2, 0) is 6.42 Å². The van der Waals surface area contributed by atoms with E-state index in [4.69, 9.17) is 10.5 Å². The Morgan fingerprint density at radius 3 is 2.48 bits per heavy atom. The molecule has 1 heterocycles. The number of benzene rings is 2. The summed E-state index contributed by atoms with van der Waals surface area (Å²) >= 11 is 0. The average Bonchev–Trinajstić information content (AvgIpc) is 3.01. The number of nitrogens with zero attached hydrogens (tertiary/aromatic N) is 3. The minimum atomic E-state index is 0.754. The van der Waals surface area contributed by atoms with Crippen molar-refractivity contribution in [2.75, 3.05) is 12.8 Å². The Hall–Kier alpha value is -2.82. The van der Waals surface area contributed by atoms with Crippen molar-refractivity contribution in [3.63, 3.8) is 0 Å². The number of ether oxygens (including phenoxy) is 1. The predicted octanol–water partition coefficient (Wildman–Crippen LogP) is 3.40. The molecule has 0 saturated carbocycles. The van der Waals surface area contributed by atoms with Crippen LogP contribution in [0.2, 0.25) is 0 Å². The van der Waals surface area contributed by atoms with Crippen LogP contribution in [0.15, 0.2) is 42.5 Å². The molecule has 0 spiro atoms. The van der Waals surface area contributed by atoms with Gasteiger partial charge in [-0.15, -0.1) is 10.2 Å². The van der Waals surface area contributed by atoms with Gasteiger partial charge in [-0.1, -0.05) is 19.1 Å².